The van der Waals surface area contributed by atoms with Crippen molar-refractivity contribution in [1.29, 1.82) is 0 Å². The number of carbonyl (C=O) groups is 1. The highest BCUT2D eigenvalue weighted by atomic mass is 16.1. The molecule has 0 bridgehead atoms. The lowest BCUT2D eigenvalue weighted by molar-refractivity contribution is -0.116. The zero-order valence-corrected chi connectivity index (χ0v) is 12.0. The van der Waals surface area contributed by atoms with Gasteiger partial charge in [-0.05, 0) is 26.7 Å². The second-order valence-corrected chi connectivity index (χ2v) is 5.20. The predicted molar refractivity (Wildman–Crippen MR) is 76.8 cm³/mol. The molecule has 0 aliphatic carbocycles. The number of hydrogen-bond acceptors (Lipinski definition) is 5. The molecule has 104 valence electrons. The van der Waals surface area contributed by atoms with Gasteiger partial charge in [-0.3, -0.25) is 4.79 Å². The number of Topliss-reactive ketones (excluding diaryl/α,β-unsaturated/α-hetero) is 1. The van der Waals surface area contributed by atoms with E-state index >= 15 is 0 Å². The van der Waals surface area contributed by atoms with Crippen LogP contribution in [-0.4, -0.2) is 42.4 Å². The number of aromatic nitrogens is 2. The van der Waals surface area contributed by atoms with Gasteiger partial charge in [0.2, 0.25) is 0 Å². The average molecular weight is 262 g/mol. The summed E-state index contributed by atoms with van der Waals surface area (Å²) in [4.78, 5) is 24.4. The molecule has 1 saturated heterocycles. The Morgan fingerprint density at radius 2 is 2.05 bits per heavy atom. The van der Waals surface area contributed by atoms with Crippen LogP contribution < -0.4 is 9.80 Å². The molecule has 0 unspecified atom stereocenters. The van der Waals surface area contributed by atoms with Crippen LogP contribution in [0.2, 0.25) is 0 Å². The quantitative estimate of drug-likeness (QED) is 0.810. The first kappa shape index (κ1) is 13.8. The molecule has 1 aliphatic rings. The maximum atomic E-state index is 11.1. The van der Waals surface area contributed by atoms with Gasteiger partial charge in [0.25, 0.3) is 0 Å². The van der Waals surface area contributed by atoms with Crippen molar-refractivity contribution in [3.8, 4) is 0 Å². The predicted octanol–water partition coefficient (Wildman–Crippen LogP) is 1.80. The van der Waals surface area contributed by atoms with E-state index in [4.69, 9.17) is 0 Å². The molecule has 2 rings (SSSR count). The fourth-order valence-corrected chi connectivity index (χ4v) is 2.28. The molecule has 0 spiro atoms. The van der Waals surface area contributed by atoms with Crippen LogP contribution in [0.25, 0.3) is 0 Å². The van der Waals surface area contributed by atoms with Crippen molar-refractivity contribution in [1.82, 2.24) is 9.97 Å². The Kier molecular flexibility index (Phi) is 4.35. The molecule has 5 nitrogen and oxygen atoms in total. The Bertz CT molecular complexity index is 455. The Morgan fingerprint density at radius 3 is 2.68 bits per heavy atom. The third-order valence-corrected chi connectivity index (χ3v) is 3.43. The van der Waals surface area contributed by atoms with Gasteiger partial charge in [-0.1, -0.05) is 0 Å². The molecule has 0 amide bonds. The normalized spacial score (nSPS) is 14.8. The molecule has 1 fully saturated rings. The molecule has 1 aliphatic heterocycles. The Balaban J connectivity index is 2.13. The van der Waals surface area contributed by atoms with E-state index in [0.717, 1.165) is 30.5 Å². The van der Waals surface area contributed by atoms with Crippen LogP contribution in [0.15, 0.2) is 6.07 Å². The smallest absolute Gasteiger partial charge is 0.134 e. The van der Waals surface area contributed by atoms with Gasteiger partial charge in [0.1, 0.15) is 23.2 Å². The average Bonchev–Trinajstić information content (AvgIpc) is 2.89. The Hall–Kier alpha value is -1.65. The van der Waals surface area contributed by atoms with Gasteiger partial charge in [0, 0.05) is 39.2 Å². The fraction of sp³-hybridized carbons (Fsp3) is 0.643. The Labute approximate surface area is 114 Å². The zero-order valence-electron chi connectivity index (χ0n) is 12.0. The van der Waals surface area contributed by atoms with Crippen LogP contribution >= 0.6 is 0 Å². The molecule has 0 N–H and O–H groups in total. The summed E-state index contributed by atoms with van der Waals surface area (Å²) in [5.74, 6) is 2.90. The molecular weight excluding hydrogens is 240 g/mol. The molecular formula is C14H22N4O. The molecule has 0 aromatic carbocycles. The summed E-state index contributed by atoms with van der Waals surface area (Å²) in [7, 11) is 1.97. The van der Waals surface area contributed by atoms with Crippen LogP contribution in [0.1, 0.15) is 32.0 Å². The van der Waals surface area contributed by atoms with Gasteiger partial charge < -0.3 is 9.80 Å². The number of carbonyl (C=O) groups excluding carboxylic acids is 1. The van der Waals surface area contributed by atoms with Crippen molar-refractivity contribution in [3.05, 3.63) is 11.9 Å². The number of aryl methyl sites for hydroxylation is 1. The molecule has 5 heteroatoms. The number of anilines is 2. The lowest BCUT2D eigenvalue weighted by Gasteiger charge is -2.22. The summed E-state index contributed by atoms with van der Waals surface area (Å²) in [6.45, 7) is 6.39. The van der Waals surface area contributed by atoms with Gasteiger partial charge in [-0.15, -0.1) is 0 Å². The van der Waals surface area contributed by atoms with Crippen molar-refractivity contribution in [2.75, 3.05) is 36.5 Å². The highest BCUT2D eigenvalue weighted by Crippen LogP contribution is 2.22. The second-order valence-electron chi connectivity index (χ2n) is 5.20. The van der Waals surface area contributed by atoms with Crippen molar-refractivity contribution in [3.63, 3.8) is 0 Å². The Morgan fingerprint density at radius 1 is 1.37 bits per heavy atom. The first-order chi connectivity index (χ1) is 9.06. The molecule has 0 radical (unpaired) electrons. The maximum Gasteiger partial charge on any atom is 0.134 e. The molecule has 2 heterocycles. The van der Waals surface area contributed by atoms with E-state index in [-0.39, 0.29) is 5.78 Å². The third kappa shape index (κ3) is 3.66. The first-order valence-corrected chi connectivity index (χ1v) is 6.87. The van der Waals surface area contributed by atoms with Crippen molar-refractivity contribution in [2.24, 2.45) is 0 Å². The number of rotatable bonds is 5. The summed E-state index contributed by atoms with van der Waals surface area (Å²) in [5.41, 5.74) is 0. The summed E-state index contributed by atoms with van der Waals surface area (Å²) in [5, 5.41) is 0. The standard InChI is InChI=1S/C14H22N4O/c1-11(19)6-9-17(3)13-10-14(16-12(2)15-13)18-7-4-5-8-18/h10H,4-9H2,1-3H3. The van der Waals surface area contributed by atoms with E-state index < -0.39 is 0 Å². The van der Waals surface area contributed by atoms with E-state index in [1.807, 2.05) is 24.9 Å². The minimum atomic E-state index is 0.206. The number of nitrogens with zero attached hydrogens (tertiary/aromatic N) is 4. The minimum Gasteiger partial charge on any atom is -0.359 e. The molecule has 0 atom stereocenters. The highest BCUT2D eigenvalue weighted by molar-refractivity contribution is 5.76. The van der Waals surface area contributed by atoms with E-state index in [9.17, 15) is 4.79 Å². The number of ketones is 1. The lowest BCUT2D eigenvalue weighted by Crippen LogP contribution is -2.24. The van der Waals surface area contributed by atoms with Crippen LogP contribution in [0.3, 0.4) is 0 Å². The molecule has 1 aromatic heterocycles. The highest BCUT2D eigenvalue weighted by Gasteiger charge is 2.16. The molecule has 19 heavy (non-hydrogen) atoms. The van der Waals surface area contributed by atoms with Crippen molar-refractivity contribution < 1.29 is 4.79 Å². The topological polar surface area (TPSA) is 49.3 Å². The van der Waals surface area contributed by atoms with E-state index in [2.05, 4.69) is 14.9 Å². The largest absolute Gasteiger partial charge is 0.359 e. The second kappa shape index (κ2) is 5.99. The monoisotopic (exact) mass is 262 g/mol. The van der Waals surface area contributed by atoms with Crippen molar-refractivity contribution >= 4 is 17.4 Å². The SMILES string of the molecule is CC(=O)CCN(C)c1cc(N2CCCC2)nc(C)n1. The number of hydrogen-bond donors (Lipinski definition) is 0. The van der Waals surface area contributed by atoms with Crippen molar-refractivity contribution in [2.45, 2.75) is 33.1 Å². The summed E-state index contributed by atoms with van der Waals surface area (Å²) < 4.78 is 0. The van der Waals surface area contributed by atoms with E-state index in [1.165, 1.54) is 12.8 Å². The van der Waals surface area contributed by atoms with Crippen LogP contribution in [-0.2, 0) is 4.79 Å². The zero-order chi connectivity index (χ0) is 13.8. The van der Waals surface area contributed by atoms with Gasteiger partial charge in [-0.25, -0.2) is 9.97 Å². The summed E-state index contributed by atoms with van der Waals surface area (Å²) in [6, 6.07) is 2.03. The lowest BCUT2D eigenvalue weighted by atomic mass is 10.3. The van der Waals surface area contributed by atoms with Gasteiger partial charge in [0.15, 0.2) is 0 Å². The molecule has 0 saturated carbocycles. The van der Waals surface area contributed by atoms with Crippen LogP contribution in [0.5, 0.6) is 0 Å². The third-order valence-electron chi connectivity index (χ3n) is 3.43. The maximum absolute atomic E-state index is 11.1. The summed E-state index contributed by atoms with van der Waals surface area (Å²) >= 11 is 0. The van der Waals surface area contributed by atoms with Crippen LogP contribution in [0.4, 0.5) is 11.6 Å². The van der Waals surface area contributed by atoms with E-state index in [0.29, 0.717) is 13.0 Å². The van der Waals surface area contributed by atoms with Gasteiger partial charge >= 0.3 is 0 Å². The first-order valence-electron chi connectivity index (χ1n) is 6.87. The fourth-order valence-electron chi connectivity index (χ4n) is 2.28. The minimum absolute atomic E-state index is 0.206. The van der Waals surface area contributed by atoms with E-state index in [1.54, 1.807) is 6.92 Å². The van der Waals surface area contributed by atoms with Gasteiger partial charge in [0.05, 0.1) is 0 Å². The molecule has 1 aromatic rings. The summed E-state index contributed by atoms with van der Waals surface area (Å²) in [6.07, 6.45) is 3.02. The van der Waals surface area contributed by atoms with Gasteiger partial charge in [-0.2, -0.15) is 0 Å². The van der Waals surface area contributed by atoms with Crippen LogP contribution in [0, 0.1) is 6.92 Å².